The zero-order chi connectivity index (χ0) is 10.2. The lowest BCUT2D eigenvalue weighted by Crippen LogP contribution is -2.47. The summed E-state index contributed by atoms with van der Waals surface area (Å²) in [7, 11) is 1.47. The molecule has 4 heteroatoms. The average molecular weight is 198 g/mol. The molecule has 1 fully saturated rings. The number of hydrogen-bond acceptors (Lipinski definition) is 3. The fourth-order valence-electron chi connectivity index (χ4n) is 1.45. The molecule has 0 aromatic heterocycles. The van der Waals surface area contributed by atoms with Crippen LogP contribution in [0, 0.1) is 5.82 Å². The molecule has 1 saturated heterocycles. The van der Waals surface area contributed by atoms with Gasteiger partial charge >= 0.3 is 0 Å². The molecule has 1 N–H and O–H groups in total. The molecule has 76 valence electrons. The van der Waals surface area contributed by atoms with Gasteiger partial charge in [0.05, 0.1) is 20.3 Å². The number of hydrogen-bond donors (Lipinski definition) is 1. The molecule has 3 nitrogen and oxygen atoms in total. The van der Waals surface area contributed by atoms with Crippen LogP contribution >= 0.6 is 0 Å². The molecular formula is C10H11FO3. The van der Waals surface area contributed by atoms with Crippen molar-refractivity contribution in [2.24, 2.45) is 0 Å². The summed E-state index contributed by atoms with van der Waals surface area (Å²) in [6.45, 7) is 0.298. The Hall–Kier alpha value is -1.13. The smallest absolute Gasteiger partial charge is 0.139 e. The van der Waals surface area contributed by atoms with Crippen LogP contribution < -0.4 is 4.74 Å². The van der Waals surface area contributed by atoms with Crippen molar-refractivity contribution in [2.45, 2.75) is 5.60 Å². The number of benzene rings is 1. The van der Waals surface area contributed by atoms with Crippen LogP contribution in [0.5, 0.6) is 5.75 Å². The third-order valence-electron chi connectivity index (χ3n) is 2.36. The van der Waals surface area contributed by atoms with Crippen LogP contribution in [0.3, 0.4) is 0 Å². The maximum absolute atomic E-state index is 13.5. The molecule has 0 amide bonds. The second-order valence-electron chi connectivity index (χ2n) is 3.37. The predicted octanol–water partition coefficient (Wildman–Crippen LogP) is 1.05. The molecule has 0 unspecified atom stereocenters. The number of rotatable bonds is 2. The lowest BCUT2D eigenvalue weighted by molar-refractivity contribution is -0.186. The Morgan fingerprint density at radius 3 is 2.64 bits per heavy atom. The van der Waals surface area contributed by atoms with Crippen LogP contribution in [0.2, 0.25) is 0 Å². The van der Waals surface area contributed by atoms with Gasteiger partial charge in [-0.2, -0.15) is 0 Å². The van der Waals surface area contributed by atoms with E-state index in [1.807, 2.05) is 0 Å². The first-order valence-corrected chi connectivity index (χ1v) is 4.30. The van der Waals surface area contributed by atoms with Crippen LogP contribution in [-0.2, 0) is 10.3 Å². The molecule has 1 aromatic carbocycles. The minimum atomic E-state index is -1.16. The van der Waals surface area contributed by atoms with Crippen molar-refractivity contribution in [2.75, 3.05) is 20.3 Å². The maximum Gasteiger partial charge on any atom is 0.139 e. The lowest BCUT2D eigenvalue weighted by atomic mass is 9.91. The molecule has 1 aliphatic heterocycles. The van der Waals surface area contributed by atoms with Crippen molar-refractivity contribution < 1.29 is 19.0 Å². The van der Waals surface area contributed by atoms with Crippen molar-refractivity contribution in [3.8, 4) is 5.75 Å². The first-order valence-electron chi connectivity index (χ1n) is 4.30. The lowest BCUT2D eigenvalue weighted by Gasteiger charge is -2.36. The van der Waals surface area contributed by atoms with E-state index in [-0.39, 0.29) is 18.8 Å². The van der Waals surface area contributed by atoms with Crippen molar-refractivity contribution >= 4 is 0 Å². The molecular weight excluding hydrogens is 187 g/mol. The van der Waals surface area contributed by atoms with Gasteiger partial charge in [-0.15, -0.1) is 0 Å². The second-order valence-corrected chi connectivity index (χ2v) is 3.37. The third kappa shape index (κ3) is 1.36. The van der Waals surface area contributed by atoms with Crippen molar-refractivity contribution in [3.05, 3.63) is 29.6 Å². The standard InChI is InChI=1S/C10H11FO3/c1-13-7-2-3-8(9(11)4-7)10(12)5-14-6-10/h2-4,12H,5-6H2,1H3. The third-order valence-corrected chi connectivity index (χ3v) is 2.36. The number of methoxy groups -OCH3 is 1. The minimum Gasteiger partial charge on any atom is -0.497 e. The van der Waals surface area contributed by atoms with Gasteiger partial charge in [0.1, 0.15) is 17.2 Å². The van der Waals surface area contributed by atoms with E-state index in [0.717, 1.165) is 0 Å². The molecule has 1 aliphatic rings. The molecule has 0 saturated carbocycles. The Kier molecular flexibility index (Phi) is 2.17. The van der Waals surface area contributed by atoms with E-state index >= 15 is 0 Å². The summed E-state index contributed by atoms with van der Waals surface area (Å²) in [5, 5.41) is 9.82. The van der Waals surface area contributed by atoms with Crippen molar-refractivity contribution in [3.63, 3.8) is 0 Å². The SMILES string of the molecule is COc1ccc(C2(O)COC2)c(F)c1. The molecule has 0 spiro atoms. The van der Waals surface area contributed by atoms with Gasteiger partial charge < -0.3 is 14.6 Å². The van der Waals surface area contributed by atoms with Gasteiger partial charge in [0, 0.05) is 11.6 Å². The Morgan fingerprint density at radius 2 is 2.21 bits per heavy atom. The summed E-state index contributed by atoms with van der Waals surface area (Å²) < 4.78 is 23.2. The molecule has 2 rings (SSSR count). The van der Waals surface area contributed by atoms with Gasteiger partial charge in [-0.25, -0.2) is 4.39 Å². The van der Waals surface area contributed by atoms with Crippen molar-refractivity contribution in [1.29, 1.82) is 0 Å². The van der Waals surface area contributed by atoms with Crippen LogP contribution in [0.4, 0.5) is 4.39 Å². The van der Waals surface area contributed by atoms with E-state index in [0.29, 0.717) is 5.75 Å². The largest absolute Gasteiger partial charge is 0.497 e. The van der Waals surface area contributed by atoms with Crippen LogP contribution in [-0.4, -0.2) is 25.4 Å². The Labute approximate surface area is 81.1 Å². The normalized spacial score (nSPS) is 18.8. The number of aliphatic hydroxyl groups is 1. The molecule has 14 heavy (non-hydrogen) atoms. The van der Waals surface area contributed by atoms with Gasteiger partial charge in [-0.1, -0.05) is 0 Å². The molecule has 0 aliphatic carbocycles. The molecule has 0 radical (unpaired) electrons. The summed E-state index contributed by atoms with van der Waals surface area (Å²) in [5.41, 5.74) is -0.888. The van der Waals surface area contributed by atoms with Gasteiger partial charge in [0.25, 0.3) is 0 Å². The number of ether oxygens (including phenoxy) is 2. The fourth-order valence-corrected chi connectivity index (χ4v) is 1.45. The maximum atomic E-state index is 13.5. The highest BCUT2D eigenvalue weighted by atomic mass is 19.1. The zero-order valence-electron chi connectivity index (χ0n) is 7.79. The zero-order valence-corrected chi connectivity index (χ0v) is 7.79. The van der Waals surface area contributed by atoms with E-state index in [1.165, 1.54) is 19.2 Å². The van der Waals surface area contributed by atoms with Crippen LogP contribution in [0.25, 0.3) is 0 Å². The highest BCUT2D eigenvalue weighted by molar-refractivity contribution is 5.33. The average Bonchev–Trinajstić information content (AvgIpc) is 2.14. The summed E-state index contributed by atoms with van der Waals surface area (Å²) in [5.74, 6) is -0.0229. The minimum absolute atomic E-state index is 0.149. The van der Waals surface area contributed by atoms with E-state index in [9.17, 15) is 9.50 Å². The van der Waals surface area contributed by atoms with Crippen molar-refractivity contribution in [1.82, 2.24) is 0 Å². The predicted molar refractivity (Wildman–Crippen MR) is 47.7 cm³/mol. The highest BCUT2D eigenvalue weighted by Gasteiger charge is 2.40. The Balaban J connectivity index is 2.35. The van der Waals surface area contributed by atoms with Crippen LogP contribution in [0.15, 0.2) is 18.2 Å². The van der Waals surface area contributed by atoms with E-state index in [4.69, 9.17) is 9.47 Å². The quantitative estimate of drug-likeness (QED) is 0.772. The van der Waals surface area contributed by atoms with Gasteiger partial charge in [-0.05, 0) is 12.1 Å². The first-order chi connectivity index (χ1) is 6.65. The van der Waals surface area contributed by atoms with E-state index < -0.39 is 11.4 Å². The topological polar surface area (TPSA) is 38.7 Å². The highest BCUT2D eigenvalue weighted by Crippen LogP contribution is 2.32. The summed E-state index contributed by atoms with van der Waals surface area (Å²) in [6, 6.07) is 4.40. The molecule has 1 aromatic rings. The van der Waals surface area contributed by atoms with Gasteiger partial charge in [0.15, 0.2) is 0 Å². The molecule has 0 atom stereocenters. The molecule has 0 bridgehead atoms. The van der Waals surface area contributed by atoms with E-state index in [2.05, 4.69) is 0 Å². The summed E-state index contributed by atoms with van der Waals surface area (Å²) in [4.78, 5) is 0. The first kappa shape index (κ1) is 9.43. The van der Waals surface area contributed by atoms with Crippen LogP contribution in [0.1, 0.15) is 5.56 Å². The summed E-state index contributed by atoms with van der Waals surface area (Å²) >= 11 is 0. The fraction of sp³-hybridized carbons (Fsp3) is 0.400. The number of halogens is 1. The van der Waals surface area contributed by atoms with E-state index in [1.54, 1.807) is 6.07 Å². The summed E-state index contributed by atoms with van der Waals surface area (Å²) in [6.07, 6.45) is 0. The second kappa shape index (κ2) is 3.22. The Morgan fingerprint density at radius 1 is 1.50 bits per heavy atom. The monoisotopic (exact) mass is 198 g/mol. The van der Waals surface area contributed by atoms with Gasteiger partial charge in [-0.3, -0.25) is 0 Å². The molecule has 1 heterocycles. The van der Waals surface area contributed by atoms with Gasteiger partial charge in [0.2, 0.25) is 0 Å². The Bertz CT molecular complexity index is 347.